The fourth-order valence-electron chi connectivity index (χ4n) is 2.74. The van der Waals surface area contributed by atoms with Crippen molar-refractivity contribution >= 4 is 5.96 Å². The topological polar surface area (TPSA) is 52.8 Å². The van der Waals surface area contributed by atoms with Crippen LogP contribution in [0, 0.1) is 0 Å². The number of furan rings is 1. The molecule has 3 rings (SSSR count). The maximum absolute atomic E-state index is 5.42. The molecule has 2 aromatic rings. The molecule has 0 saturated carbocycles. The van der Waals surface area contributed by atoms with Crippen LogP contribution >= 0.6 is 0 Å². The Balaban J connectivity index is 1.58. The maximum atomic E-state index is 5.42. The number of rotatable bonds is 6. The molecule has 1 aromatic heterocycles. The second-order valence-corrected chi connectivity index (χ2v) is 6.11. The van der Waals surface area contributed by atoms with Crippen LogP contribution in [0.2, 0.25) is 0 Å². The lowest BCUT2D eigenvalue weighted by Crippen LogP contribution is -2.37. The Kier molecular flexibility index (Phi) is 4.98. The van der Waals surface area contributed by atoms with Gasteiger partial charge >= 0.3 is 0 Å². The van der Waals surface area contributed by atoms with Crippen LogP contribution in [0.15, 0.2) is 52.1 Å². The van der Waals surface area contributed by atoms with E-state index in [1.54, 1.807) is 6.26 Å². The van der Waals surface area contributed by atoms with E-state index >= 15 is 0 Å². The number of guanidine groups is 1. The normalized spacial score (nSPS) is 17.2. The van der Waals surface area contributed by atoms with Gasteiger partial charge in [0, 0.05) is 19.1 Å². The van der Waals surface area contributed by atoms with E-state index in [0.29, 0.717) is 6.04 Å². The summed E-state index contributed by atoms with van der Waals surface area (Å²) in [5.41, 5.74) is 2.61. The number of hydrogen-bond donors (Lipinski definition) is 2. The number of nitrogens with one attached hydrogen (secondary N) is 2. The van der Waals surface area contributed by atoms with Crippen LogP contribution in [0.1, 0.15) is 23.8 Å². The van der Waals surface area contributed by atoms with Gasteiger partial charge in [0.15, 0.2) is 5.96 Å². The third kappa shape index (κ3) is 4.36. The summed E-state index contributed by atoms with van der Waals surface area (Å²) in [5, 5.41) is 6.72. The molecule has 0 amide bonds. The Morgan fingerprint density at radius 1 is 1.22 bits per heavy atom. The lowest BCUT2D eigenvalue weighted by Gasteiger charge is -2.18. The minimum Gasteiger partial charge on any atom is -0.468 e. The maximum Gasteiger partial charge on any atom is 0.191 e. The van der Waals surface area contributed by atoms with Crippen molar-refractivity contribution in [2.45, 2.75) is 32.6 Å². The fourth-order valence-corrected chi connectivity index (χ4v) is 2.74. The fraction of sp³-hybridized carbons (Fsp3) is 0.389. The predicted octanol–water partition coefficient (Wildman–Crippen LogP) is 2.35. The summed E-state index contributed by atoms with van der Waals surface area (Å²) in [7, 11) is 2.11. The molecule has 1 unspecified atom stereocenters. The number of nitrogens with zero attached hydrogens (tertiary/aromatic N) is 2. The Labute approximate surface area is 137 Å². The molecule has 0 aliphatic carbocycles. The first kappa shape index (κ1) is 15.6. The molecule has 1 aliphatic rings. The van der Waals surface area contributed by atoms with E-state index in [1.165, 1.54) is 11.1 Å². The molecule has 23 heavy (non-hydrogen) atoms. The highest BCUT2D eigenvalue weighted by Crippen LogP contribution is 2.13. The molecule has 122 valence electrons. The lowest BCUT2D eigenvalue weighted by atomic mass is 10.1. The zero-order chi connectivity index (χ0) is 16.1. The molecule has 0 bridgehead atoms. The summed E-state index contributed by atoms with van der Waals surface area (Å²) in [6.07, 6.45) is 1.72. The molecule has 0 fully saturated rings. The molecule has 0 saturated heterocycles. The summed E-state index contributed by atoms with van der Waals surface area (Å²) >= 11 is 0. The average molecular weight is 312 g/mol. The van der Waals surface area contributed by atoms with Gasteiger partial charge in [-0.25, -0.2) is 0 Å². The number of aliphatic imine (C=N–C) groups is 1. The van der Waals surface area contributed by atoms with Crippen LogP contribution in [-0.4, -0.2) is 30.5 Å². The first-order chi connectivity index (χ1) is 11.2. The molecule has 1 atom stereocenters. The van der Waals surface area contributed by atoms with Gasteiger partial charge in [0.1, 0.15) is 5.76 Å². The van der Waals surface area contributed by atoms with Crippen molar-refractivity contribution in [2.75, 3.05) is 13.6 Å². The molecule has 2 N–H and O–H groups in total. The first-order valence-electron chi connectivity index (χ1n) is 8.03. The highest BCUT2D eigenvalue weighted by molar-refractivity contribution is 5.81. The second kappa shape index (κ2) is 7.33. The third-order valence-electron chi connectivity index (χ3n) is 3.92. The van der Waals surface area contributed by atoms with Crippen LogP contribution in [0.4, 0.5) is 0 Å². The van der Waals surface area contributed by atoms with Crippen molar-refractivity contribution < 1.29 is 4.42 Å². The van der Waals surface area contributed by atoms with Crippen LogP contribution in [0.25, 0.3) is 0 Å². The molecule has 0 radical (unpaired) electrons. The van der Waals surface area contributed by atoms with E-state index in [0.717, 1.165) is 37.9 Å². The molecular formula is C18H24N4O. The number of hydrogen-bond acceptors (Lipinski definition) is 5. The van der Waals surface area contributed by atoms with Gasteiger partial charge in [-0.1, -0.05) is 24.3 Å². The number of benzene rings is 1. The van der Waals surface area contributed by atoms with Gasteiger partial charge in [-0.05, 0) is 37.2 Å². The SMILES string of the molecule is CC1CN=C(NCc2ccccc2CN(C)Cc2ccco2)N1. The van der Waals surface area contributed by atoms with Crippen LogP contribution < -0.4 is 10.6 Å². The smallest absolute Gasteiger partial charge is 0.191 e. The minimum absolute atomic E-state index is 0.423. The van der Waals surface area contributed by atoms with E-state index in [2.05, 4.69) is 58.8 Å². The quantitative estimate of drug-likeness (QED) is 0.860. The molecule has 2 heterocycles. The highest BCUT2D eigenvalue weighted by atomic mass is 16.3. The summed E-state index contributed by atoms with van der Waals surface area (Å²) in [5.74, 6) is 1.89. The van der Waals surface area contributed by atoms with Gasteiger partial charge in [-0.15, -0.1) is 0 Å². The standard InChI is InChI=1S/C18H24N4O/c1-14-10-19-18(21-14)20-11-15-6-3-4-7-16(15)12-22(2)13-17-8-5-9-23-17/h3-9,14H,10-13H2,1-2H3,(H2,19,20,21). The molecule has 5 heteroatoms. The van der Waals surface area contributed by atoms with E-state index < -0.39 is 0 Å². The van der Waals surface area contributed by atoms with E-state index in [1.807, 2.05) is 12.1 Å². The average Bonchev–Trinajstić information content (AvgIpc) is 3.18. The summed E-state index contributed by atoms with van der Waals surface area (Å²) in [6, 6.07) is 12.9. The van der Waals surface area contributed by atoms with Gasteiger partial charge in [0.05, 0.1) is 19.4 Å². The van der Waals surface area contributed by atoms with Crippen LogP contribution in [-0.2, 0) is 19.6 Å². The van der Waals surface area contributed by atoms with Gasteiger partial charge in [-0.2, -0.15) is 0 Å². The van der Waals surface area contributed by atoms with Crippen LogP contribution in [0.5, 0.6) is 0 Å². The van der Waals surface area contributed by atoms with Crippen molar-refractivity contribution in [1.29, 1.82) is 0 Å². The Morgan fingerprint density at radius 2 is 2.04 bits per heavy atom. The molecule has 5 nitrogen and oxygen atoms in total. The van der Waals surface area contributed by atoms with Gasteiger partial charge in [0.25, 0.3) is 0 Å². The summed E-state index contributed by atoms with van der Waals surface area (Å²) in [6.45, 7) is 5.45. The summed E-state index contributed by atoms with van der Waals surface area (Å²) in [4.78, 5) is 6.70. The van der Waals surface area contributed by atoms with E-state index in [9.17, 15) is 0 Å². The zero-order valence-corrected chi connectivity index (χ0v) is 13.7. The van der Waals surface area contributed by atoms with Gasteiger partial charge < -0.3 is 15.1 Å². The summed E-state index contributed by atoms with van der Waals surface area (Å²) < 4.78 is 5.42. The van der Waals surface area contributed by atoms with Crippen molar-refractivity contribution in [3.05, 3.63) is 59.5 Å². The Bertz CT molecular complexity index is 651. The van der Waals surface area contributed by atoms with E-state index in [-0.39, 0.29) is 0 Å². The highest BCUT2D eigenvalue weighted by Gasteiger charge is 2.13. The van der Waals surface area contributed by atoms with Crippen LogP contribution in [0.3, 0.4) is 0 Å². The van der Waals surface area contributed by atoms with Gasteiger partial charge in [-0.3, -0.25) is 9.89 Å². The Morgan fingerprint density at radius 3 is 2.74 bits per heavy atom. The van der Waals surface area contributed by atoms with Crippen molar-refractivity contribution in [3.8, 4) is 0 Å². The van der Waals surface area contributed by atoms with Gasteiger partial charge in [0.2, 0.25) is 0 Å². The monoisotopic (exact) mass is 312 g/mol. The van der Waals surface area contributed by atoms with Crippen molar-refractivity contribution in [3.63, 3.8) is 0 Å². The minimum atomic E-state index is 0.423. The molecule has 1 aliphatic heterocycles. The third-order valence-corrected chi connectivity index (χ3v) is 3.92. The van der Waals surface area contributed by atoms with Crippen molar-refractivity contribution in [1.82, 2.24) is 15.5 Å². The molecular weight excluding hydrogens is 288 g/mol. The molecule has 0 spiro atoms. The van der Waals surface area contributed by atoms with Crippen molar-refractivity contribution in [2.24, 2.45) is 4.99 Å². The predicted molar refractivity (Wildman–Crippen MR) is 92.1 cm³/mol. The second-order valence-electron chi connectivity index (χ2n) is 6.11. The largest absolute Gasteiger partial charge is 0.468 e. The Hall–Kier alpha value is -2.27. The lowest BCUT2D eigenvalue weighted by molar-refractivity contribution is 0.287. The zero-order valence-electron chi connectivity index (χ0n) is 13.7. The first-order valence-corrected chi connectivity index (χ1v) is 8.03. The molecule has 1 aromatic carbocycles. The van der Waals surface area contributed by atoms with E-state index in [4.69, 9.17) is 4.42 Å².